The fraction of sp³-hybridized carbons (Fsp3) is 0.429. The zero-order valence-corrected chi connectivity index (χ0v) is 12.4. The summed E-state index contributed by atoms with van der Waals surface area (Å²) in [7, 11) is 0. The molecule has 1 rings (SSSR count). The fourth-order valence-electron chi connectivity index (χ4n) is 1.46. The molecule has 0 bridgehead atoms. The molecule has 5 nitrogen and oxygen atoms in total. The maximum atomic E-state index is 11.8. The molecule has 1 aromatic carbocycles. The molecule has 0 aliphatic rings. The van der Waals surface area contributed by atoms with Gasteiger partial charge in [0.15, 0.2) is 6.61 Å². The van der Waals surface area contributed by atoms with Gasteiger partial charge in [-0.3, -0.25) is 4.79 Å². The van der Waals surface area contributed by atoms with Crippen molar-refractivity contribution in [3.05, 3.63) is 28.8 Å². The van der Waals surface area contributed by atoms with Crippen molar-refractivity contribution < 1.29 is 14.3 Å². The summed E-state index contributed by atoms with van der Waals surface area (Å²) in [6.45, 7) is 4.36. The van der Waals surface area contributed by atoms with Crippen LogP contribution in [0.2, 0.25) is 5.02 Å². The van der Waals surface area contributed by atoms with Gasteiger partial charge in [0.1, 0.15) is 0 Å². The third-order valence-electron chi connectivity index (χ3n) is 2.59. The van der Waals surface area contributed by atoms with E-state index in [-0.39, 0.29) is 23.1 Å². The van der Waals surface area contributed by atoms with Crippen LogP contribution >= 0.6 is 11.6 Å². The normalized spacial score (nSPS) is 10.4. The summed E-state index contributed by atoms with van der Waals surface area (Å²) < 4.78 is 4.89. The van der Waals surface area contributed by atoms with Crippen LogP contribution < -0.4 is 11.1 Å². The molecule has 0 saturated heterocycles. The summed E-state index contributed by atoms with van der Waals surface area (Å²) in [6.07, 6.45) is 0.876. The van der Waals surface area contributed by atoms with Gasteiger partial charge in [0.2, 0.25) is 0 Å². The molecular weight excluding hydrogens is 280 g/mol. The third-order valence-corrected chi connectivity index (χ3v) is 2.92. The topological polar surface area (TPSA) is 81.4 Å². The van der Waals surface area contributed by atoms with Gasteiger partial charge in [-0.25, -0.2) is 4.79 Å². The van der Waals surface area contributed by atoms with Crippen LogP contribution in [-0.2, 0) is 9.53 Å². The molecule has 6 heteroatoms. The lowest BCUT2D eigenvalue weighted by atomic mass is 10.1. The van der Waals surface area contributed by atoms with Crippen molar-refractivity contribution in [1.82, 2.24) is 5.32 Å². The maximum absolute atomic E-state index is 11.8. The second kappa shape index (κ2) is 7.75. The molecule has 20 heavy (non-hydrogen) atoms. The van der Waals surface area contributed by atoms with Crippen LogP contribution in [0.1, 0.15) is 30.6 Å². The zero-order valence-electron chi connectivity index (χ0n) is 11.6. The lowest BCUT2D eigenvalue weighted by molar-refractivity contribution is -0.124. The quantitative estimate of drug-likeness (QED) is 0.623. The second-order valence-electron chi connectivity index (χ2n) is 4.85. The number of amides is 1. The van der Waals surface area contributed by atoms with Crippen LogP contribution in [-0.4, -0.2) is 25.0 Å². The Morgan fingerprint density at radius 3 is 2.75 bits per heavy atom. The third kappa shape index (κ3) is 5.48. The molecule has 0 fully saturated rings. The summed E-state index contributed by atoms with van der Waals surface area (Å²) in [6, 6.07) is 4.51. The highest BCUT2D eigenvalue weighted by atomic mass is 35.5. The lowest BCUT2D eigenvalue weighted by Crippen LogP contribution is -2.30. The van der Waals surface area contributed by atoms with Gasteiger partial charge in [0.05, 0.1) is 10.6 Å². The van der Waals surface area contributed by atoms with Crippen LogP contribution in [0.4, 0.5) is 5.69 Å². The number of nitrogens with one attached hydrogen (secondary N) is 1. The van der Waals surface area contributed by atoms with Gasteiger partial charge in [-0.05, 0) is 30.5 Å². The lowest BCUT2D eigenvalue weighted by Gasteiger charge is -2.09. The van der Waals surface area contributed by atoms with E-state index in [0.29, 0.717) is 18.2 Å². The van der Waals surface area contributed by atoms with Gasteiger partial charge in [-0.2, -0.15) is 0 Å². The van der Waals surface area contributed by atoms with E-state index in [2.05, 4.69) is 19.2 Å². The number of rotatable bonds is 6. The molecule has 0 atom stereocenters. The molecule has 1 amide bonds. The Labute approximate surface area is 123 Å². The average molecular weight is 299 g/mol. The van der Waals surface area contributed by atoms with Crippen molar-refractivity contribution >= 4 is 29.2 Å². The minimum Gasteiger partial charge on any atom is -0.452 e. The first-order valence-corrected chi connectivity index (χ1v) is 6.76. The number of anilines is 1. The smallest absolute Gasteiger partial charge is 0.340 e. The number of hydrogen-bond donors (Lipinski definition) is 2. The predicted molar refractivity (Wildman–Crippen MR) is 78.6 cm³/mol. The molecule has 0 unspecified atom stereocenters. The highest BCUT2D eigenvalue weighted by Crippen LogP contribution is 2.19. The Bertz CT molecular complexity index is 489. The monoisotopic (exact) mass is 298 g/mol. The number of carbonyl (C=O) groups excluding carboxylic acids is 2. The molecule has 0 spiro atoms. The van der Waals surface area contributed by atoms with E-state index in [1.165, 1.54) is 12.1 Å². The predicted octanol–water partition coefficient (Wildman–Crippen LogP) is 2.24. The number of nitrogen functional groups attached to an aromatic ring is 1. The van der Waals surface area contributed by atoms with Crippen LogP contribution in [0.5, 0.6) is 0 Å². The van der Waals surface area contributed by atoms with Gasteiger partial charge in [-0.1, -0.05) is 25.4 Å². The number of benzene rings is 1. The summed E-state index contributed by atoms with van der Waals surface area (Å²) in [4.78, 5) is 23.2. The Kier molecular flexibility index (Phi) is 6.31. The molecule has 3 N–H and O–H groups in total. The van der Waals surface area contributed by atoms with Crippen molar-refractivity contribution in [1.29, 1.82) is 0 Å². The molecule has 0 saturated carbocycles. The van der Waals surface area contributed by atoms with Gasteiger partial charge in [-0.15, -0.1) is 0 Å². The molecule has 0 radical (unpaired) electrons. The highest BCUT2D eigenvalue weighted by Gasteiger charge is 2.14. The molecule has 1 aromatic rings. The van der Waals surface area contributed by atoms with Gasteiger partial charge in [0, 0.05) is 12.2 Å². The van der Waals surface area contributed by atoms with Gasteiger partial charge in [0.25, 0.3) is 5.91 Å². The van der Waals surface area contributed by atoms with Crippen molar-refractivity contribution in [2.24, 2.45) is 5.92 Å². The van der Waals surface area contributed by atoms with Crippen LogP contribution in [0.25, 0.3) is 0 Å². The standard InChI is InChI=1S/C14H19ClN2O3/c1-9(2)5-6-17-13(18)8-20-14(19)11-7-10(16)3-4-12(11)15/h3-4,7,9H,5-6,8,16H2,1-2H3,(H,17,18). The Balaban J connectivity index is 2.43. The maximum Gasteiger partial charge on any atom is 0.340 e. The zero-order chi connectivity index (χ0) is 15.1. The van der Waals surface area contributed by atoms with E-state index in [9.17, 15) is 9.59 Å². The largest absolute Gasteiger partial charge is 0.452 e. The Morgan fingerprint density at radius 1 is 1.40 bits per heavy atom. The molecule has 0 heterocycles. The first-order chi connectivity index (χ1) is 9.40. The van der Waals surface area contributed by atoms with E-state index in [1.54, 1.807) is 6.07 Å². The van der Waals surface area contributed by atoms with E-state index in [4.69, 9.17) is 22.1 Å². The number of halogens is 1. The SMILES string of the molecule is CC(C)CCNC(=O)COC(=O)c1cc(N)ccc1Cl. The second-order valence-corrected chi connectivity index (χ2v) is 5.26. The minimum atomic E-state index is -0.665. The van der Waals surface area contributed by atoms with Crippen LogP contribution in [0, 0.1) is 5.92 Å². The molecule has 0 aliphatic heterocycles. The van der Waals surface area contributed by atoms with Crippen molar-refractivity contribution in [3.8, 4) is 0 Å². The minimum absolute atomic E-state index is 0.154. The van der Waals surface area contributed by atoms with E-state index < -0.39 is 5.97 Å². The summed E-state index contributed by atoms with van der Waals surface area (Å²) in [5.41, 5.74) is 6.13. The molecule has 110 valence electrons. The Morgan fingerprint density at radius 2 is 2.10 bits per heavy atom. The number of carbonyl (C=O) groups is 2. The molecule has 0 aliphatic carbocycles. The highest BCUT2D eigenvalue weighted by molar-refractivity contribution is 6.33. The first-order valence-electron chi connectivity index (χ1n) is 6.39. The summed E-state index contributed by atoms with van der Waals surface area (Å²) in [5.74, 6) is -0.496. The van der Waals surface area contributed by atoms with Crippen LogP contribution in [0.15, 0.2) is 18.2 Å². The van der Waals surface area contributed by atoms with Crippen LogP contribution in [0.3, 0.4) is 0 Å². The number of esters is 1. The van der Waals surface area contributed by atoms with Crippen molar-refractivity contribution in [2.75, 3.05) is 18.9 Å². The average Bonchev–Trinajstić information content (AvgIpc) is 2.38. The number of hydrogen-bond acceptors (Lipinski definition) is 4. The first kappa shape index (κ1) is 16.3. The van der Waals surface area contributed by atoms with Gasteiger partial charge >= 0.3 is 5.97 Å². The number of nitrogens with two attached hydrogens (primary N) is 1. The number of ether oxygens (including phenoxy) is 1. The van der Waals surface area contributed by atoms with Gasteiger partial charge < -0.3 is 15.8 Å². The molecular formula is C14H19ClN2O3. The summed E-state index contributed by atoms with van der Waals surface area (Å²) >= 11 is 5.87. The van der Waals surface area contributed by atoms with E-state index in [1.807, 2.05) is 0 Å². The van der Waals surface area contributed by atoms with E-state index >= 15 is 0 Å². The van der Waals surface area contributed by atoms with Crippen molar-refractivity contribution in [3.63, 3.8) is 0 Å². The Hall–Kier alpha value is -1.75. The summed E-state index contributed by atoms with van der Waals surface area (Å²) in [5, 5.41) is 2.91. The fourth-order valence-corrected chi connectivity index (χ4v) is 1.65. The molecule has 0 aromatic heterocycles. The van der Waals surface area contributed by atoms with E-state index in [0.717, 1.165) is 6.42 Å². The van der Waals surface area contributed by atoms with Crippen molar-refractivity contribution in [2.45, 2.75) is 20.3 Å².